The molecule has 3 aromatic heterocycles. The van der Waals surface area contributed by atoms with Crippen LogP contribution >= 0.6 is 0 Å². The average Bonchev–Trinajstić information content (AvgIpc) is 3.48. The van der Waals surface area contributed by atoms with Crippen molar-refractivity contribution in [2.75, 3.05) is 0 Å². The smallest absolute Gasteiger partial charge is 0.306 e. The Balaban J connectivity index is 1.73. The van der Waals surface area contributed by atoms with E-state index in [4.69, 9.17) is 5.26 Å². The minimum absolute atomic E-state index is 0.435. The number of alkyl halides is 3. The van der Waals surface area contributed by atoms with Gasteiger partial charge in [-0.05, 0) is 60.5 Å². The molecule has 3 heterocycles. The van der Waals surface area contributed by atoms with Gasteiger partial charge in [0.25, 0.3) is 0 Å². The molecule has 0 saturated carbocycles. The summed E-state index contributed by atoms with van der Waals surface area (Å²) in [6.07, 6.45) is 2.49. The van der Waals surface area contributed by atoms with E-state index in [-0.39, 0.29) is 0 Å². The third-order valence-corrected chi connectivity index (χ3v) is 5.58. The second-order valence-corrected chi connectivity index (χ2v) is 7.57. The monoisotopic (exact) mass is 443 g/mol. The Morgan fingerprint density at radius 1 is 1.00 bits per heavy atom. The highest BCUT2D eigenvalue weighted by Crippen LogP contribution is 2.38. The third kappa shape index (κ3) is 3.53. The van der Waals surface area contributed by atoms with Gasteiger partial charge in [0.1, 0.15) is 5.65 Å². The lowest BCUT2D eigenvalue weighted by Crippen LogP contribution is -2.05. The summed E-state index contributed by atoms with van der Waals surface area (Å²) in [7, 11) is 0. The van der Waals surface area contributed by atoms with Crippen molar-refractivity contribution in [3.8, 4) is 34.1 Å². The number of pyridine rings is 1. The lowest BCUT2D eigenvalue weighted by molar-refractivity contribution is -0.137. The lowest BCUT2D eigenvalue weighted by Gasteiger charge is -2.16. The summed E-state index contributed by atoms with van der Waals surface area (Å²) in [6, 6.07) is 16.2. The maximum Gasteiger partial charge on any atom is 0.416 e. The lowest BCUT2D eigenvalue weighted by atomic mass is 9.95. The predicted molar refractivity (Wildman–Crippen MR) is 118 cm³/mol. The predicted octanol–water partition coefficient (Wildman–Crippen LogP) is 6.05. The highest BCUT2D eigenvalue weighted by atomic mass is 19.4. The van der Waals surface area contributed by atoms with Gasteiger partial charge in [-0.1, -0.05) is 12.1 Å². The van der Waals surface area contributed by atoms with Crippen LogP contribution in [-0.2, 0) is 6.18 Å². The van der Waals surface area contributed by atoms with Crippen LogP contribution in [0.15, 0.2) is 79.4 Å². The van der Waals surface area contributed by atoms with E-state index in [1.165, 1.54) is 6.07 Å². The van der Waals surface area contributed by atoms with Crippen LogP contribution in [0.4, 0.5) is 13.2 Å². The molecule has 5 nitrogen and oxygen atoms in total. The number of imidazole rings is 1. The summed E-state index contributed by atoms with van der Waals surface area (Å²) in [4.78, 5) is 4.40. The van der Waals surface area contributed by atoms with Crippen molar-refractivity contribution in [3.63, 3.8) is 0 Å². The molecule has 0 saturated heterocycles. The summed E-state index contributed by atoms with van der Waals surface area (Å²) >= 11 is 0. The SMILES string of the molecule is Cc1c(-c2ccnn2-c2ccc(C#N)cc2)cn2ccnc2c1-c1cccc(C(F)(F)F)c1. The van der Waals surface area contributed by atoms with Crippen LogP contribution in [0.25, 0.3) is 33.7 Å². The minimum Gasteiger partial charge on any atom is -0.306 e. The maximum atomic E-state index is 13.4. The van der Waals surface area contributed by atoms with E-state index < -0.39 is 11.7 Å². The van der Waals surface area contributed by atoms with E-state index in [0.29, 0.717) is 22.3 Å². The summed E-state index contributed by atoms with van der Waals surface area (Å²) < 4.78 is 43.7. The standard InChI is InChI=1S/C25H16F3N5/c1-16-21(22-9-10-31-33(22)20-7-5-17(14-29)6-8-20)15-32-12-11-30-24(32)23(16)18-3-2-4-19(13-18)25(26,27)28/h2-13,15H,1H3. The molecule has 0 radical (unpaired) electrons. The van der Waals surface area contributed by atoms with Gasteiger partial charge in [-0.15, -0.1) is 0 Å². The molecule has 5 aromatic rings. The van der Waals surface area contributed by atoms with Crippen LogP contribution in [0, 0.1) is 18.3 Å². The van der Waals surface area contributed by atoms with Gasteiger partial charge in [0.15, 0.2) is 0 Å². The van der Waals surface area contributed by atoms with Gasteiger partial charge in [0.2, 0.25) is 0 Å². The van der Waals surface area contributed by atoms with E-state index >= 15 is 0 Å². The Hall–Kier alpha value is -4.38. The fourth-order valence-corrected chi connectivity index (χ4v) is 3.99. The van der Waals surface area contributed by atoms with Crippen LogP contribution in [0.3, 0.4) is 0 Å². The molecule has 0 aliphatic carbocycles. The molecule has 0 N–H and O–H groups in total. The molecule has 0 unspecified atom stereocenters. The summed E-state index contributed by atoms with van der Waals surface area (Å²) in [5.41, 5.74) is 4.56. The van der Waals surface area contributed by atoms with Crippen molar-refractivity contribution in [1.29, 1.82) is 5.26 Å². The number of nitriles is 1. The normalized spacial score (nSPS) is 11.6. The van der Waals surface area contributed by atoms with Crippen molar-refractivity contribution < 1.29 is 13.2 Å². The Kier molecular flexibility index (Phi) is 4.75. The largest absolute Gasteiger partial charge is 0.416 e. The molecular formula is C25H16F3N5. The summed E-state index contributed by atoms with van der Waals surface area (Å²) in [6.45, 7) is 1.87. The number of fused-ring (bicyclic) bond motifs is 1. The number of aromatic nitrogens is 4. The number of hydrogen-bond acceptors (Lipinski definition) is 3. The second kappa shape index (κ2) is 7.64. The molecule has 5 rings (SSSR count). The van der Waals surface area contributed by atoms with E-state index in [0.717, 1.165) is 34.6 Å². The van der Waals surface area contributed by atoms with Gasteiger partial charge in [0, 0.05) is 29.7 Å². The molecule has 33 heavy (non-hydrogen) atoms. The number of halogens is 3. The Morgan fingerprint density at radius 3 is 2.52 bits per heavy atom. The molecule has 0 aliphatic rings. The molecule has 162 valence electrons. The molecule has 0 atom stereocenters. The zero-order valence-corrected chi connectivity index (χ0v) is 17.4. The quantitative estimate of drug-likeness (QED) is 0.341. The molecule has 0 fully saturated rings. The number of hydrogen-bond donors (Lipinski definition) is 0. The summed E-state index contributed by atoms with van der Waals surface area (Å²) in [5, 5.41) is 13.5. The summed E-state index contributed by atoms with van der Waals surface area (Å²) in [5.74, 6) is 0. The van der Waals surface area contributed by atoms with Gasteiger partial charge in [-0.25, -0.2) is 9.67 Å². The first-order valence-corrected chi connectivity index (χ1v) is 10.1. The number of nitrogens with zero attached hydrogens (tertiary/aromatic N) is 5. The third-order valence-electron chi connectivity index (χ3n) is 5.58. The van der Waals surface area contributed by atoms with Gasteiger partial charge >= 0.3 is 6.18 Å². The first-order chi connectivity index (χ1) is 15.9. The molecule has 8 heteroatoms. The van der Waals surface area contributed by atoms with Crippen LogP contribution in [0.5, 0.6) is 0 Å². The first-order valence-electron chi connectivity index (χ1n) is 10.1. The molecule has 0 spiro atoms. The van der Waals surface area contributed by atoms with Crippen molar-refractivity contribution in [2.45, 2.75) is 13.1 Å². The topological polar surface area (TPSA) is 58.9 Å². The van der Waals surface area contributed by atoms with Crippen LogP contribution in [0.1, 0.15) is 16.7 Å². The first kappa shape index (κ1) is 20.5. The average molecular weight is 443 g/mol. The van der Waals surface area contributed by atoms with Gasteiger partial charge < -0.3 is 4.40 Å². The Labute approximate surface area is 187 Å². The fraction of sp³-hybridized carbons (Fsp3) is 0.0800. The Morgan fingerprint density at radius 2 is 1.79 bits per heavy atom. The van der Waals surface area contributed by atoms with Crippen molar-refractivity contribution in [3.05, 3.63) is 96.1 Å². The van der Waals surface area contributed by atoms with Crippen molar-refractivity contribution >= 4 is 5.65 Å². The van der Waals surface area contributed by atoms with Gasteiger partial charge in [-0.3, -0.25) is 0 Å². The zero-order chi connectivity index (χ0) is 23.2. The Bertz CT molecular complexity index is 1520. The van der Waals surface area contributed by atoms with Crippen molar-refractivity contribution in [1.82, 2.24) is 19.2 Å². The molecule has 2 aromatic carbocycles. The van der Waals surface area contributed by atoms with Crippen LogP contribution in [0.2, 0.25) is 0 Å². The maximum absolute atomic E-state index is 13.4. The molecular weight excluding hydrogens is 427 g/mol. The highest BCUT2D eigenvalue weighted by Gasteiger charge is 2.31. The van der Waals surface area contributed by atoms with Gasteiger partial charge in [0.05, 0.1) is 34.8 Å². The number of benzene rings is 2. The van der Waals surface area contributed by atoms with Crippen molar-refractivity contribution in [2.24, 2.45) is 0 Å². The highest BCUT2D eigenvalue weighted by molar-refractivity contribution is 5.86. The zero-order valence-electron chi connectivity index (χ0n) is 17.4. The van der Waals surface area contributed by atoms with E-state index in [1.807, 2.05) is 19.2 Å². The van der Waals surface area contributed by atoms with Crippen LogP contribution < -0.4 is 0 Å². The molecule has 0 aliphatic heterocycles. The van der Waals surface area contributed by atoms with E-state index in [2.05, 4.69) is 16.2 Å². The van der Waals surface area contributed by atoms with E-state index in [9.17, 15) is 13.2 Å². The minimum atomic E-state index is -4.44. The number of rotatable bonds is 3. The molecule has 0 amide bonds. The fourth-order valence-electron chi connectivity index (χ4n) is 3.99. The second-order valence-electron chi connectivity index (χ2n) is 7.57. The molecule has 0 bridgehead atoms. The van der Waals surface area contributed by atoms with E-state index in [1.54, 1.807) is 58.0 Å². The van der Waals surface area contributed by atoms with Gasteiger partial charge in [-0.2, -0.15) is 23.5 Å². The van der Waals surface area contributed by atoms with Crippen LogP contribution in [-0.4, -0.2) is 19.2 Å².